The highest BCUT2D eigenvalue weighted by molar-refractivity contribution is 6.33. The summed E-state index contributed by atoms with van der Waals surface area (Å²) in [6.07, 6.45) is -9.08. The van der Waals surface area contributed by atoms with E-state index in [2.05, 4.69) is 10.1 Å². The van der Waals surface area contributed by atoms with Crippen LogP contribution in [-0.2, 0) is 19.4 Å². The Bertz CT molecular complexity index is 1170. The molecule has 0 aliphatic rings. The minimum absolute atomic E-state index is 0.0784. The number of nitrogens with one attached hydrogen (secondary N) is 1. The topological polar surface area (TPSA) is 69.0 Å². The van der Waals surface area contributed by atoms with E-state index >= 15 is 0 Å². The lowest BCUT2D eigenvalue weighted by Gasteiger charge is -2.13. The number of carbonyl (C=O) groups excluding carboxylic acids is 1. The van der Waals surface area contributed by atoms with E-state index in [1.165, 1.54) is 25.3 Å². The van der Waals surface area contributed by atoms with Crippen LogP contribution in [0.4, 0.5) is 32.0 Å². The van der Waals surface area contributed by atoms with Gasteiger partial charge < -0.3 is 10.1 Å². The predicted molar refractivity (Wildman–Crippen MR) is 102 cm³/mol. The van der Waals surface area contributed by atoms with E-state index in [0.717, 1.165) is 19.3 Å². The van der Waals surface area contributed by atoms with Crippen LogP contribution >= 0.6 is 11.6 Å². The summed E-state index contributed by atoms with van der Waals surface area (Å²) in [6, 6.07) is 5.47. The zero-order chi connectivity index (χ0) is 23.8. The number of carbonyl (C=O) groups is 1. The number of halogens is 7. The average Bonchev–Trinajstić information content (AvgIpc) is 3.05. The number of ether oxygens (including phenoxy) is 1. The Morgan fingerprint density at radius 2 is 1.78 bits per heavy atom. The molecule has 0 saturated heterocycles. The molecule has 0 atom stereocenters. The first-order chi connectivity index (χ1) is 14.8. The fourth-order valence-electron chi connectivity index (χ4n) is 2.91. The van der Waals surface area contributed by atoms with Gasteiger partial charge in [-0.3, -0.25) is 14.5 Å². The summed E-state index contributed by atoms with van der Waals surface area (Å²) in [7, 11) is 2.40. The minimum Gasteiger partial charge on any atom is -0.497 e. The van der Waals surface area contributed by atoms with Crippen molar-refractivity contribution in [1.82, 2.24) is 14.8 Å². The summed E-state index contributed by atoms with van der Waals surface area (Å²) in [5.41, 5.74) is -4.82. The molecule has 2 aromatic heterocycles. The second-order valence-electron chi connectivity index (χ2n) is 6.42. The van der Waals surface area contributed by atoms with Gasteiger partial charge in [0.25, 0.3) is 5.91 Å². The molecular weight excluding hydrogens is 466 g/mol. The van der Waals surface area contributed by atoms with Gasteiger partial charge in [0, 0.05) is 24.5 Å². The number of hydrogen-bond acceptors (Lipinski definition) is 4. The highest BCUT2D eigenvalue weighted by atomic mass is 35.5. The lowest BCUT2D eigenvalue weighted by molar-refractivity contribution is -0.141. The quantitative estimate of drug-likeness (QED) is 0.507. The van der Waals surface area contributed by atoms with Crippen LogP contribution in [0, 0.1) is 0 Å². The predicted octanol–water partition coefficient (Wildman–Crippen LogP) is 5.43. The zero-order valence-electron chi connectivity index (χ0n) is 16.3. The summed E-state index contributed by atoms with van der Waals surface area (Å²) < 4.78 is 86.1. The number of pyridine rings is 1. The van der Waals surface area contributed by atoms with Gasteiger partial charge in [-0.15, -0.1) is 0 Å². The van der Waals surface area contributed by atoms with Gasteiger partial charge >= 0.3 is 12.4 Å². The molecule has 0 radical (unpaired) electrons. The number of anilines is 1. The lowest BCUT2D eigenvalue weighted by atomic mass is 10.0. The molecule has 0 fully saturated rings. The third-order valence-corrected chi connectivity index (χ3v) is 4.61. The second kappa shape index (κ2) is 8.34. The van der Waals surface area contributed by atoms with Gasteiger partial charge in [-0.25, -0.2) is 0 Å². The Morgan fingerprint density at radius 1 is 1.09 bits per heavy atom. The van der Waals surface area contributed by atoms with Crippen LogP contribution < -0.4 is 10.1 Å². The fourth-order valence-corrected chi connectivity index (χ4v) is 3.11. The standard InChI is InChI=1S/C19H13ClF6N4O2/c1-30-16(17(31)28-9-5-6-27-13(7-9)18(21,22)23)14(19(24,25)26)15(29-30)11-8-10(32-2)3-4-12(11)20/h3-8H,1-2H3,(H,27,28,31). The maximum atomic E-state index is 14.0. The third-order valence-electron chi connectivity index (χ3n) is 4.28. The van der Waals surface area contributed by atoms with Crippen LogP contribution in [0.1, 0.15) is 21.7 Å². The number of aryl methyl sites for hydroxylation is 1. The van der Waals surface area contributed by atoms with Crippen LogP contribution in [0.25, 0.3) is 11.3 Å². The van der Waals surface area contributed by atoms with Crippen LogP contribution in [-0.4, -0.2) is 27.8 Å². The van der Waals surface area contributed by atoms with Crippen molar-refractivity contribution >= 4 is 23.2 Å². The number of alkyl halides is 6. The molecule has 6 nitrogen and oxygen atoms in total. The summed E-state index contributed by atoms with van der Waals surface area (Å²) in [5, 5.41) is 5.76. The molecule has 0 saturated carbocycles. The monoisotopic (exact) mass is 478 g/mol. The maximum Gasteiger partial charge on any atom is 0.433 e. The zero-order valence-corrected chi connectivity index (χ0v) is 17.0. The van der Waals surface area contributed by atoms with E-state index in [1.807, 2.05) is 5.32 Å². The van der Waals surface area contributed by atoms with Gasteiger partial charge in [0.1, 0.15) is 28.4 Å². The van der Waals surface area contributed by atoms with E-state index in [9.17, 15) is 31.1 Å². The maximum absolute atomic E-state index is 14.0. The molecule has 3 rings (SSSR count). The van der Waals surface area contributed by atoms with E-state index in [-0.39, 0.29) is 16.3 Å². The number of rotatable bonds is 4. The van der Waals surface area contributed by atoms with Crippen LogP contribution in [0.15, 0.2) is 36.5 Å². The number of benzene rings is 1. The van der Waals surface area contributed by atoms with Gasteiger partial charge in [-0.05, 0) is 30.3 Å². The van der Waals surface area contributed by atoms with Gasteiger partial charge in [-0.1, -0.05) is 11.6 Å². The Labute approximate surface area is 181 Å². The van der Waals surface area contributed by atoms with E-state index < -0.39 is 46.6 Å². The number of hydrogen-bond donors (Lipinski definition) is 1. The van der Waals surface area contributed by atoms with E-state index in [4.69, 9.17) is 16.3 Å². The average molecular weight is 479 g/mol. The summed E-state index contributed by atoms with van der Waals surface area (Å²) in [5.74, 6) is -1.12. The molecule has 0 bridgehead atoms. The fraction of sp³-hybridized carbons (Fsp3) is 0.211. The molecule has 0 aliphatic carbocycles. The van der Waals surface area contributed by atoms with Crippen molar-refractivity contribution < 1.29 is 35.9 Å². The van der Waals surface area contributed by atoms with Crippen molar-refractivity contribution in [3.63, 3.8) is 0 Å². The Kier molecular flexibility index (Phi) is 6.09. The SMILES string of the molecule is COc1ccc(Cl)c(-c2nn(C)c(C(=O)Nc3ccnc(C(F)(F)F)c3)c2C(F)(F)F)c1. The summed E-state index contributed by atoms with van der Waals surface area (Å²) >= 11 is 6.05. The van der Waals surface area contributed by atoms with Crippen molar-refractivity contribution in [1.29, 1.82) is 0 Å². The molecule has 0 aliphatic heterocycles. The van der Waals surface area contributed by atoms with Crippen molar-refractivity contribution in [3.05, 3.63) is 58.5 Å². The Morgan fingerprint density at radius 3 is 2.38 bits per heavy atom. The second-order valence-corrected chi connectivity index (χ2v) is 6.83. The van der Waals surface area contributed by atoms with Crippen molar-refractivity contribution in [2.75, 3.05) is 12.4 Å². The number of nitrogens with zero attached hydrogens (tertiary/aromatic N) is 3. The van der Waals surface area contributed by atoms with E-state index in [0.29, 0.717) is 10.7 Å². The van der Waals surface area contributed by atoms with Crippen molar-refractivity contribution in [2.24, 2.45) is 7.05 Å². The highest BCUT2D eigenvalue weighted by Crippen LogP contribution is 2.42. The first kappa shape index (κ1) is 23.4. The molecular formula is C19H13ClF6N4O2. The third kappa shape index (κ3) is 4.64. The van der Waals surface area contributed by atoms with Crippen molar-refractivity contribution in [3.8, 4) is 17.0 Å². The van der Waals surface area contributed by atoms with Gasteiger partial charge in [-0.2, -0.15) is 31.4 Å². The van der Waals surface area contributed by atoms with Gasteiger partial charge in [0.15, 0.2) is 0 Å². The summed E-state index contributed by atoms with van der Waals surface area (Å²) in [4.78, 5) is 15.8. The number of amides is 1. The highest BCUT2D eigenvalue weighted by Gasteiger charge is 2.42. The molecule has 13 heteroatoms. The van der Waals surface area contributed by atoms with Crippen LogP contribution in [0.2, 0.25) is 5.02 Å². The first-order valence-electron chi connectivity index (χ1n) is 8.65. The first-order valence-corrected chi connectivity index (χ1v) is 9.03. The molecule has 2 heterocycles. The van der Waals surface area contributed by atoms with E-state index in [1.54, 1.807) is 0 Å². The molecule has 1 aromatic carbocycles. The molecule has 32 heavy (non-hydrogen) atoms. The normalized spacial score (nSPS) is 12.0. The lowest BCUT2D eigenvalue weighted by Crippen LogP contribution is -2.21. The minimum atomic E-state index is -5.04. The molecule has 170 valence electrons. The van der Waals surface area contributed by atoms with Crippen LogP contribution in [0.5, 0.6) is 5.75 Å². The summed E-state index contributed by atoms with van der Waals surface area (Å²) in [6.45, 7) is 0. The number of aromatic nitrogens is 3. The van der Waals surface area contributed by atoms with Crippen molar-refractivity contribution in [2.45, 2.75) is 12.4 Å². The smallest absolute Gasteiger partial charge is 0.433 e. The Balaban J connectivity index is 2.11. The molecule has 1 N–H and O–H groups in total. The van der Waals surface area contributed by atoms with Crippen LogP contribution in [0.3, 0.4) is 0 Å². The molecule has 0 unspecified atom stereocenters. The molecule has 0 spiro atoms. The molecule has 3 aromatic rings. The molecule has 1 amide bonds. The van der Waals surface area contributed by atoms with Gasteiger partial charge in [0.2, 0.25) is 0 Å². The number of methoxy groups -OCH3 is 1. The van der Waals surface area contributed by atoms with Gasteiger partial charge in [0.05, 0.1) is 12.1 Å². The Hall–Kier alpha value is -3.28. The largest absolute Gasteiger partial charge is 0.497 e.